The number of nitrogens with zero attached hydrogens (tertiary/aromatic N) is 1. The van der Waals surface area contributed by atoms with E-state index in [0.29, 0.717) is 6.42 Å². The quantitative estimate of drug-likeness (QED) is 0.832. The van der Waals surface area contributed by atoms with Gasteiger partial charge in [-0.05, 0) is 18.8 Å². The van der Waals surface area contributed by atoms with Crippen LogP contribution in [0.1, 0.15) is 19.3 Å². The highest BCUT2D eigenvalue weighted by Gasteiger charge is 2.26. The fourth-order valence-electron chi connectivity index (χ4n) is 2.97. The minimum atomic E-state index is -0.756. The van der Waals surface area contributed by atoms with Crippen LogP contribution in [0.2, 0.25) is 0 Å². The third kappa shape index (κ3) is 4.27. The predicted octanol–water partition coefficient (Wildman–Crippen LogP) is 1.72. The fourth-order valence-corrected chi connectivity index (χ4v) is 2.97. The van der Waals surface area contributed by atoms with Gasteiger partial charge in [-0.25, -0.2) is 0 Å². The molecule has 0 saturated carbocycles. The number of piperidine rings is 1. The molecule has 2 rings (SSSR count). The Bertz CT molecular complexity index is 499. The van der Waals surface area contributed by atoms with Gasteiger partial charge >= 0.3 is 5.97 Å². The molecule has 2 unspecified atom stereocenters. The average Bonchev–Trinajstić information content (AvgIpc) is 2.51. The summed E-state index contributed by atoms with van der Waals surface area (Å²) >= 11 is 0. The van der Waals surface area contributed by atoms with E-state index >= 15 is 0 Å². The second kappa shape index (κ2) is 7.35. The zero-order chi connectivity index (χ0) is 16.1. The molecule has 6 nitrogen and oxygen atoms in total. The van der Waals surface area contributed by atoms with Crippen LogP contribution >= 0.6 is 0 Å². The van der Waals surface area contributed by atoms with Gasteiger partial charge in [-0.3, -0.25) is 4.79 Å². The molecule has 1 aromatic rings. The van der Waals surface area contributed by atoms with Gasteiger partial charge in [0.25, 0.3) is 0 Å². The molecule has 0 spiro atoms. The predicted molar refractivity (Wildman–Crippen MR) is 84.7 cm³/mol. The molecule has 0 aliphatic carbocycles. The minimum Gasteiger partial charge on any atom is -0.497 e. The zero-order valence-electron chi connectivity index (χ0n) is 13.1. The first-order valence-corrected chi connectivity index (χ1v) is 7.47. The highest BCUT2D eigenvalue weighted by Crippen LogP contribution is 2.31. The topological polar surface area (TPSA) is 85.0 Å². The molecule has 0 radical (unpaired) electrons. The Morgan fingerprint density at radius 3 is 2.45 bits per heavy atom. The maximum atomic E-state index is 10.8. The van der Waals surface area contributed by atoms with Crippen LogP contribution in [0.5, 0.6) is 11.5 Å². The Balaban J connectivity index is 2.14. The molecule has 6 heteroatoms. The molecule has 0 amide bonds. The van der Waals surface area contributed by atoms with Gasteiger partial charge in [-0.1, -0.05) is 0 Å². The molecule has 1 aliphatic heterocycles. The zero-order valence-corrected chi connectivity index (χ0v) is 13.1. The number of benzene rings is 1. The lowest BCUT2D eigenvalue weighted by Gasteiger charge is -2.38. The number of hydrogen-bond donors (Lipinski definition) is 2. The molecular weight excluding hydrogens is 284 g/mol. The summed E-state index contributed by atoms with van der Waals surface area (Å²) in [4.78, 5) is 13.0. The van der Waals surface area contributed by atoms with E-state index < -0.39 is 5.97 Å². The summed E-state index contributed by atoms with van der Waals surface area (Å²) in [7, 11) is 3.24. The molecule has 0 bridgehead atoms. The maximum Gasteiger partial charge on any atom is 0.303 e. The Kier molecular flexibility index (Phi) is 5.49. The third-order valence-electron chi connectivity index (χ3n) is 4.04. The lowest BCUT2D eigenvalue weighted by atomic mass is 9.90. The van der Waals surface area contributed by atoms with Gasteiger partial charge in [0.2, 0.25) is 0 Å². The van der Waals surface area contributed by atoms with Crippen molar-refractivity contribution in [2.75, 3.05) is 32.2 Å². The molecule has 1 aliphatic rings. The third-order valence-corrected chi connectivity index (χ3v) is 4.04. The van der Waals surface area contributed by atoms with Crippen molar-refractivity contribution in [2.24, 2.45) is 11.7 Å². The SMILES string of the molecule is COc1cc(OC)cc(N2CC(N)CC(CCC(=O)O)C2)c1. The number of nitrogens with two attached hydrogens (primary N) is 1. The monoisotopic (exact) mass is 308 g/mol. The standard InChI is InChI=1S/C16H24N2O4/c1-21-14-6-13(7-15(8-14)22-2)18-9-11(3-4-16(19)20)5-12(17)10-18/h6-8,11-12H,3-5,9-10,17H2,1-2H3,(H,19,20). The number of ether oxygens (including phenoxy) is 2. The van der Waals surface area contributed by atoms with E-state index in [1.54, 1.807) is 14.2 Å². The summed E-state index contributed by atoms with van der Waals surface area (Å²) in [6.07, 6.45) is 1.71. The van der Waals surface area contributed by atoms with Crippen LogP contribution < -0.4 is 20.1 Å². The van der Waals surface area contributed by atoms with E-state index in [9.17, 15) is 4.79 Å². The molecule has 22 heavy (non-hydrogen) atoms. The van der Waals surface area contributed by atoms with Crippen molar-refractivity contribution in [2.45, 2.75) is 25.3 Å². The number of carboxylic acids is 1. The maximum absolute atomic E-state index is 10.8. The highest BCUT2D eigenvalue weighted by atomic mass is 16.5. The van der Waals surface area contributed by atoms with E-state index in [-0.39, 0.29) is 18.4 Å². The van der Waals surface area contributed by atoms with Gasteiger partial charge in [0, 0.05) is 49.4 Å². The summed E-state index contributed by atoms with van der Waals surface area (Å²) in [6.45, 7) is 1.55. The summed E-state index contributed by atoms with van der Waals surface area (Å²) < 4.78 is 10.6. The average molecular weight is 308 g/mol. The largest absolute Gasteiger partial charge is 0.497 e. The second-order valence-electron chi connectivity index (χ2n) is 5.77. The molecule has 122 valence electrons. The van der Waals surface area contributed by atoms with Crippen LogP contribution in [0.4, 0.5) is 5.69 Å². The number of rotatable bonds is 6. The number of carboxylic acid groups (broad SMARTS) is 1. The van der Waals surface area contributed by atoms with Crippen molar-refractivity contribution in [1.29, 1.82) is 0 Å². The lowest BCUT2D eigenvalue weighted by molar-refractivity contribution is -0.137. The molecule has 1 aromatic carbocycles. The Hall–Kier alpha value is -1.95. The molecule has 1 heterocycles. The number of carbonyl (C=O) groups is 1. The van der Waals surface area contributed by atoms with Crippen LogP contribution in [0, 0.1) is 5.92 Å². The Morgan fingerprint density at radius 2 is 1.91 bits per heavy atom. The lowest BCUT2D eigenvalue weighted by Crippen LogP contribution is -2.47. The first-order valence-electron chi connectivity index (χ1n) is 7.47. The van der Waals surface area contributed by atoms with Gasteiger partial charge in [0.1, 0.15) is 11.5 Å². The normalized spacial score (nSPS) is 21.5. The van der Waals surface area contributed by atoms with Gasteiger partial charge in [-0.2, -0.15) is 0 Å². The van der Waals surface area contributed by atoms with E-state index in [1.165, 1.54) is 0 Å². The van der Waals surface area contributed by atoms with Crippen molar-refractivity contribution in [3.63, 3.8) is 0 Å². The first-order chi connectivity index (χ1) is 10.5. The molecule has 1 fully saturated rings. The van der Waals surface area contributed by atoms with E-state index in [4.69, 9.17) is 20.3 Å². The van der Waals surface area contributed by atoms with Crippen molar-refractivity contribution in [3.05, 3.63) is 18.2 Å². The fraction of sp³-hybridized carbons (Fsp3) is 0.562. The minimum absolute atomic E-state index is 0.0461. The Morgan fingerprint density at radius 1 is 1.27 bits per heavy atom. The van der Waals surface area contributed by atoms with Crippen LogP contribution in [0.3, 0.4) is 0 Å². The Labute approximate surface area is 130 Å². The number of anilines is 1. The highest BCUT2D eigenvalue weighted by molar-refractivity contribution is 5.66. The van der Waals surface area contributed by atoms with Gasteiger partial charge < -0.3 is 25.2 Å². The smallest absolute Gasteiger partial charge is 0.303 e. The summed E-state index contributed by atoms with van der Waals surface area (Å²) in [5, 5.41) is 8.85. The number of methoxy groups -OCH3 is 2. The van der Waals surface area contributed by atoms with Crippen LogP contribution in [0.15, 0.2) is 18.2 Å². The van der Waals surface area contributed by atoms with E-state index in [2.05, 4.69) is 4.90 Å². The van der Waals surface area contributed by atoms with Crippen LogP contribution in [-0.2, 0) is 4.79 Å². The molecule has 2 atom stereocenters. The van der Waals surface area contributed by atoms with Gasteiger partial charge in [-0.15, -0.1) is 0 Å². The van der Waals surface area contributed by atoms with E-state index in [0.717, 1.165) is 36.7 Å². The summed E-state index contributed by atoms with van der Waals surface area (Å²) in [6, 6.07) is 5.78. The molecule has 0 aromatic heterocycles. The van der Waals surface area contributed by atoms with Crippen molar-refractivity contribution < 1.29 is 19.4 Å². The first kappa shape index (κ1) is 16.4. The van der Waals surface area contributed by atoms with E-state index in [1.807, 2.05) is 18.2 Å². The number of hydrogen-bond acceptors (Lipinski definition) is 5. The van der Waals surface area contributed by atoms with Gasteiger partial charge in [0.15, 0.2) is 0 Å². The van der Waals surface area contributed by atoms with Crippen LogP contribution in [-0.4, -0.2) is 44.4 Å². The summed E-state index contributed by atoms with van der Waals surface area (Å²) in [5.41, 5.74) is 7.14. The second-order valence-corrected chi connectivity index (χ2v) is 5.77. The van der Waals surface area contributed by atoms with Gasteiger partial charge in [0.05, 0.1) is 14.2 Å². The number of aliphatic carboxylic acids is 1. The van der Waals surface area contributed by atoms with Crippen LogP contribution in [0.25, 0.3) is 0 Å². The van der Waals surface area contributed by atoms with Crippen molar-refractivity contribution in [1.82, 2.24) is 0 Å². The summed E-state index contributed by atoms with van der Waals surface area (Å²) in [5.74, 6) is 0.997. The molecule has 1 saturated heterocycles. The molecular formula is C16H24N2O4. The van der Waals surface area contributed by atoms with Crippen molar-refractivity contribution >= 4 is 11.7 Å². The molecule has 3 N–H and O–H groups in total. The van der Waals surface area contributed by atoms with Crippen molar-refractivity contribution in [3.8, 4) is 11.5 Å².